The highest BCUT2D eigenvalue weighted by Gasteiger charge is 2.44. The van der Waals surface area contributed by atoms with E-state index in [1.165, 1.54) is 18.6 Å². The van der Waals surface area contributed by atoms with Crippen molar-refractivity contribution in [3.63, 3.8) is 0 Å². The molecule has 2 heterocycles. The van der Waals surface area contributed by atoms with E-state index in [0.29, 0.717) is 11.8 Å². The molecule has 0 radical (unpaired) electrons. The van der Waals surface area contributed by atoms with Crippen LogP contribution < -0.4 is 5.32 Å². The Labute approximate surface area is 76.2 Å². The molecule has 1 amide bonds. The molecule has 0 aromatic heterocycles. The van der Waals surface area contributed by atoms with Crippen molar-refractivity contribution in [2.45, 2.75) is 30.6 Å². The molecular weight excluding hydrogens is 174 g/mol. The van der Waals surface area contributed by atoms with E-state index in [4.69, 9.17) is 4.74 Å². The second-order valence-corrected chi connectivity index (χ2v) is 4.87. The molecule has 0 saturated carbocycles. The minimum Gasteiger partial charge on any atom is -0.440 e. The monoisotopic (exact) mass is 187 g/mol. The van der Waals surface area contributed by atoms with Gasteiger partial charge in [0.05, 0.1) is 6.54 Å². The Balaban J connectivity index is 2.05. The summed E-state index contributed by atoms with van der Waals surface area (Å²) >= 11 is 1.92. The van der Waals surface area contributed by atoms with Gasteiger partial charge in [0.2, 0.25) is 0 Å². The average molecular weight is 187 g/mol. The first-order valence-corrected chi connectivity index (χ1v) is 5.34. The Hall–Kier alpha value is -0.380. The summed E-state index contributed by atoms with van der Waals surface area (Å²) in [6, 6.07) is 0. The van der Waals surface area contributed by atoms with E-state index < -0.39 is 0 Å². The van der Waals surface area contributed by atoms with Gasteiger partial charge in [-0.25, -0.2) is 4.79 Å². The fraction of sp³-hybridized carbons (Fsp3) is 0.875. The Morgan fingerprint density at radius 3 is 3.08 bits per heavy atom. The first kappa shape index (κ1) is 8.23. The van der Waals surface area contributed by atoms with Crippen LogP contribution >= 0.6 is 11.8 Å². The van der Waals surface area contributed by atoms with Gasteiger partial charge in [0, 0.05) is 5.25 Å². The summed E-state index contributed by atoms with van der Waals surface area (Å²) < 4.78 is 5.26. The van der Waals surface area contributed by atoms with E-state index in [1.807, 2.05) is 18.7 Å². The SMILES string of the molecule is CC1(C2CCCS2)CNC(=O)O1. The minimum atomic E-state index is -0.259. The van der Waals surface area contributed by atoms with Crippen LogP contribution in [0.15, 0.2) is 0 Å². The van der Waals surface area contributed by atoms with Crippen LogP contribution in [0.5, 0.6) is 0 Å². The second kappa shape index (κ2) is 2.83. The topological polar surface area (TPSA) is 38.3 Å². The lowest BCUT2D eigenvalue weighted by Crippen LogP contribution is -2.39. The van der Waals surface area contributed by atoms with Crippen molar-refractivity contribution < 1.29 is 9.53 Å². The normalized spacial score (nSPS) is 41.1. The van der Waals surface area contributed by atoms with Crippen LogP contribution in [-0.4, -0.2) is 29.2 Å². The van der Waals surface area contributed by atoms with Gasteiger partial charge in [0.1, 0.15) is 5.60 Å². The number of nitrogens with one attached hydrogen (secondary N) is 1. The molecule has 68 valence electrons. The van der Waals surface area contributed by atoms with Gasteiger partial charge >= 0.3 is 6.09 Å². The van der Waals surface area contributed by atoms with Crippen LogP contribution in [0.1, 0.15) is 19.8 Å². The molecule has 2 rings (SSSR count). The molecule has 0 spiro atoms. The van der Waals surface area contributed by atoms with Gasteiger partial charge in [-0.15, -0.1) is 0 Å². The molecule has 1 N–H and O–H groups in total. The van der Waals surface area contributed by atoms with E-state index in [-0.39, 0.29) is 11.7 Å². The molecule has 12 heavy (non-hydrogen) atoms. The predicted molar refractivity (Wildman–Crippen MR) is 48.4 cm³/mol. The van der Waals surface area contributed by atoms with Crippen molar-refractivity contribution in [3.05, 3.63) is 0 Å². The third kappa shape index (κ3) is 1.28. The summed E-state index contributed by atoms with van der Waals surface area (Å²) in [5, 5.41) is 3.21. The summed E-state index contributed by atoms with van der Waals surface area (Å²) in [7, 11) is 0. The lowest BCUT2D eigenvalue weighted by atomic mass is 9.99. The zero-order valence-corrected chi connectivity index (χ0v) is 7.95. The van der Waals surface area contributed by atoms with Gasteiger partial charge in [0.15, 0.2) is 0 Å². The van der Waals surface area contributed by atoms with Gasteiger partial charge in [-0.1, -0.05) is 0 Å². The summed E-state index contributed by atoms with van der Waals surface area (Å²) in [5.41, 5.74) is -0.252. The highest BCUT2D eigenvalue weighted by molar-refractivity contribution is 8.00. The smallest absolute Gasteiger partial charge is 0.407 e. The van der Waals surface area contributed by atoms with Crippen molar-refractivity contribution in [1.82, 2.24) is 5.32 Å². The van der Waals surface area contributed by atoms with E-state index >= 15 is 0 Å². The summed E-state index contributed by atoms with van der Waals surface area (Å²) in [4.78, 5) is 10.9. The fourth-order valence-electron chi connectivity index (χ4n) is 1.77. The number of alkyl carbamates (subject to hydrolysis) is 1. The Bertz CT molecular complexity index is 203. The third-order valence-corrected chi connectivity index (χ3v) is 4.18. The zero-order chi connectivity index (χ0) is 8.60. The first-order valence-electron chi connectivity index (χ1n) is 4.29. The van der Waals surface area contributed by atoms with Crippen LogP contribution in [-0.2, 0) is 4.74 Å². The highest BCUT2D eigenvalue weighted by atomic mass is 32.2. The Morgan fingerprint density at radius 1 is 1.75 bits per heavy atom. The molecule has 0 aliphatic carbocycles. The minimum absolute atomic E-state index is 0.252. The molecular formula is C8H13NO2S. The van der Waals surface area contributed by atoms with Crippen molar-refractivity contribution in [2.75, 3.05) is 12.3 Å². The number of thioether (sulfide) groups is 1. The van der Waals surface area contributed by atoms with Gasteiger partial charge < -0.3 is 10.1 Å². The van der Waals surface area contributed by atoms with E-state index in [9.17, 15) is 4.79 Å². The van der Waals surface area contributed by atoms with Crippen molar-refractivity contribution in [1.29, 1.82) is 0 Å². The molecule has 4 heteroatoms. The number of hydrogen-bond acceptors (Lipinski definition) is 3. The van der Waals surface area contributed by atoms with E-state index in [0.717, 1.165) is 0 Å². The standard InChI is InChI=1S/C8H13NO2S/c1-8(5-9-7(10)11-8)6-3-2-4-12-6/h6H,2-5H2,1H3,(H,9,10). The maximum atomic E-state index is 10.9. The van der Waals surface area contributed by atoms with Crippen LogP contribution in [0.3, 0.4) is 0 Å². The second-order valence-electron chi connectivity index (χ2n) is 3.56. The largest absolute Gasteiger partial charge is 0.440 e. The number of rotatable bonds is 1. The molecule has 0 bridgehead atoms. The lowest BCUT2D eigenvalue weighted by Gasteiger charge is -2.27. The molecule has 2 aliphatic heterocycles. The molecule has 3 nitrogen and oxygen atoms in total. The first-order chi connectivity index (χ1) is 5.71. The van der Waals surface area contributed by atoms with Crippen LogP contribution in [0.4, 0.5) is 4.79 Å². The zero-order valence-electron chi connectivity index (χ0n) is 7.13. The number of cyclic esters (lactones) is 1. The number of carbonyl (C=O) groups is 1. The summed E-state index contributed by atoms with van der Waals surface area (Å²) in [5.74, 6) is 1.21. The maximum absolute atomic E-state index is 10.9. The number of amides is 1. The molecule has 2 atom stereocenters. The fourth-order valence-corrected chi connectivity index (χ4v) is 3.21. The van der Waals surface area contributed by atoms with Crippen LogP contribution in [0.2, 0.25) is 0 Å². The lowest BCUT2D eigenvalue weighted by molar-refractivity contribution is 0.0696. The predicted octanol–water partition coefficient (Wildman–Crippen LogP) is 1.38. The van der Waals surface area contributed by atoms with Gasteiger partial charge in [-0.2, -0.15) is 11.8 Å². The molecule has 2 saturated heterocycles. The third-order valence-electron chi connectivity index (χ3n) is 2.52. The highest BCUT2D eigenvalue weighted by Crippen LogP contribution is 2.37. The van der Waals surface area contributed by atoms with E-state index in [2.05, 4.69) is 5.32 Å². The van der Waals surface area contributed by atoms with Crippen molar-refractivity contribution in [3.8, 4) is 0 Å². The molecule has 0 aromatic rings. The van der Waals surface area contributed by atoms with Gasteiger partial charge in [-0.3, -0.25) is 0 Å². The molecule has 2 unspecified atom stereocenters. The van der Waals surface area contributed by atoms with Gasteiger partial charge in [-0.05, 0) is 25.5 Å². The number of carbonyl (C=O) groups excluding carboxylic acids is 1. The Kier molecular flexibility index (Phi) is 1.94. The summed E-state index contributed by atoms with van der Waals surface area (Å²) in [6.45, 7) is 2.69. The van der Waals surface area contributed by atoms with E-state index in [1.54, 1.807) is 0 Å². The van der Waals surface area contributed by atoms with Crippen LogP contribution in [0.25, 0.3) is 0 Å². The molecule has 0 aromatic carbocycles. The maximum Gasteiger partial charge on any atom is 0.407 e. The van der Waals surface area contributed by atoms with Crippen molar-refractivity contribution in [2.24, 2.45) is 0 Å². The van der Waals surface area contributed by atoms with Crippen molar-refractivity contribution >= 4 is 17.9 Å². The molecule has 2 aliphatic rings. The summed E-state index contributed by atoms with van der Waals surface area (Å²) in [6.07, 6.45) is 2.17. The number of ether oxygens (including phenoxy) is 1. The van der Waals surface area contributed by atoms with Crippen LogP contribution in [0, 0.1) is 0 Å². The number of hydrogen-bond donors (Lipinski definition) is 1. The average Bonchev–Trinajstić information content (AvgIpc) is 2.59. The molecule has 2 fully saturated rings. The Morgan fingerprint density at radius 2 is 2.58 bits per heavy atom. The van der Waals surface area contributed by atoms with Gasteiger partial charge in [0.25, 0.3) is 0 Å². The quantitative estimate of drug-likeness (QED) is 0.674.